The Bertz CT molecular complexity index is 352. The molecule has 0 aliphatic carbocycles. The Morgan fingerprint density at radius 2 is 2.17 bits per heavy atom. The van der Waals surface area contributed by atoms with E-state index in [4.69, 9.17) is 4.74 Å². The van der Waals surface area contributed by atoms with Gasteiger partial charge in [0.25, 0.3) is 0 Å². The molecule has 1 rings (SSSR count). The fourth-order valence-electron chi connectivity index (χ4n) is 1.83. The third kappa shape index (κ3) is 4.90. The highest BCUT2D eigenvalue weighted by molar-refractivity contribution is 5.33. The van der Waals surface area contributed by atoms with Crippen LogP contribution < -0.4 is 10.1 Å². The number of likely N-dealkylation sites (N-methyl/N-ethyl adjacent to an activating group) is 1. The predicted molar refractivity (Wildman–Crippen MR) is 77.0 cm³/mol. The van der Waals surface area contributed by atoms with Crippen LogP contribution in [0.15, 0.2) is 36.9 Å². The molecule has 0 spiro atoms. The summed E-state index contributed by atoms with van der Waals surface area (Å²) < 4.78 is 5.85. The van der Waals surface area contributed by atoms with Gasteiger partial charge in [-0.3, -0.25) is 4.90 Å². The molecule has 0 amide bonds. The van der Waals surface area contributed by atoms with Gasteiger partial charge in [0.15, 0.2) is 0 Å². The van der Waals surface area contributed by atoms with Gasteiger partial charge < -0.3 is 10.1 Å². The highest BCUT2D eigenvalue weighted by Crippen LogP contribution is 2.17. The van der Waals surface area contributed by atoms with E-state index < -0.39 is 0 Å². The Balaban J connectivity index is 2.45. The van der Waals surface area contributed by atoms with E-state index in [1.165, 1.54) is 5.56 Å². The second kappa shape index (κ2) is 8.72. The zero-order valence-electron chi connectivity index (χ0n) is 11.5. The number of nitrogens with zero attached hydrogens (tertiary/aromatic N) is 1. The van der Waals surface area contributed by atoms with Crippen LogP contribution in [0, 0.1) is 0 Å². The molecule has 1 aromatic rings. The molecule has 0 heterocycles. The highest BCUT2D eigenvalue weighted by Gasteiger charge is 2.03. The van der Waals surface area contributed by atoms with E-state index in [1.807, 2.05) is 31.3 Å². The maximum Gasteiger partial charge on any atom is 0.123 e. The summed E-state index contributed by atoms with van der Waals surface area (Å²) in [6.07, 6.45) is 1.93. The summed E-state index contributed by atoms with van der Waals surface area (Å²) in [5, 5.41) is 3.15. The quantitative estimate of drug-likeness (QED) is 0.679. The van der Waals surface area contributed by atoms with Crippen molar-refractivity contribution in [3.8, 4) is 5.75 Å². The topological polar surface area (TPSA) is 24.5 Å². The second-order valence-electron chi connectivity index (χ2n) is 4.17. The van der Waals surface area contributed by atoms with Gasteiger partial charge >= 0.3 is 0 Å². The summed E-state index contributed by atoms with van der Waals surface area (Å²) in [5.41, 5.74) is 1.20. The molecule has 0 saturated heterocycles. The van der Waals surface area contributed by atoms with Gasteiger partial charge in [0.2, 0.25) is 0 Å². The van der Waals surface area contributed by atoms with Crippen LogP contribution in [0.1, 0.15) is 12.5 Å². The van der Waals surface area contributed by atoms with Gasteiger partial charge in [-0.1, -0.05) is 31.2 Å². The van der Waals surface area contributed by atoms with Crippen molar-refractivity contribution in [1.29, 1.82) is 0 Å². The van der Waals surface area contributed by atoms with Gasteiger partial charge in [-0.05, 0) is 19.7 Å². The molecule has 3 heteroatoms. The molecule has 0 saturated carbocycles. The number of rotatable bonds is 9. The first-order valence-electron chi connectivity index (χ1n) is 6.50. The minimum Gasteiger partial charge on any atom is -0.492 e. The lowest BCUT2D eigenvalue weighted by Crippen LogP contribution is -2.28. The highest BCUT2D eigenvalue weighted by atomic mass is 16.5. The maximum atomic E-state index is 5.85. The lowest BCUT2D eigenvalue weighted by atomic mass is 10.2. The standard InChI is InChI=1S/C15H24N2O/c1-4-10-17(5-2)11-12-18-15-9-7-6-8-14(15)13-16-3/h4,6-9,16H,1,5,10-13H2,2-3H3. The van der Waals surface area contributed by atoms with Crippen molar-refractivity contribution < 1.29 is 4.74 Å². The fraction of sp³-hybridized carbons (Fsp3) is 0.467. The molecule has 0 unspecified atom stereocenters. The van der Waals surface area contributed by atoms with E-state index in [1.54, 1.807) is 0 Å². The van der Waals surface area contributed by atoms with E-state index in [0.717, 1.165) is 31.9 Å². The summed E-state index contributed by atoms with van der Waals surface area (Å²) in [4.78, 5) is 2.30. The number of hydrogen-bond acceptors (Lipinski definition) is 3. The third-order valence-corrected chi connectivity index (χ3v) is 2.84. The zero-order valence-corrected chi connectivity index (χ0v) is 11.5. The van der Waals surface area contributed by atoms with Crippen LogP contribution in [0.3, 0.4) is 0 Å². The number of nitrogens with one attached hydrogen (secondary N) is 1. The fourth-order valence-corrected chi connectivity index (χ4v) is 1.83. The van der Waals surface area contributed by atoms with Crippen LogP contribution in [0.5, 0.6) is 5.75 Å². The molecule has 0 aromatic heterocycles. The van der Waals surface area contributed by atoms with Crippen LogP contribution in [-0.4, -0.2) is 38.2 Å². The Kier molecular flexibility index (Phi) is 7.14. The van der Waals surface area contributed by atoms with E-state index in [-0.39, 0.29) is 0 Å². The minimum atomic E-state index is 0.711. The van der Waals surface area contributed by atoms with Crippen LogP contribution in [0.4, 0.5) is 0 Å². The van der Waals surface area contributed by atoms with E-state index in [0.29, 0.717) is 6.61 Å². The van der Waals surface area contributed by atoms with Crippen molar-refractivity contribution in [2.75, 3.05) is 33.3 Å². The van der Waals surface area contributed by atoms with Gasteiger partial charge in [0.1, 0.15) is 12.4 Å². The van der Waals surface area contributed by atoms with Gasteiger partial charge in [0.05, 0.1) is 0 Å². The van der Waals surface area contributed by atoms with Crippen LogP contribution in [0.2, 0.25) is 0 Å². The smallest absolute Gasteiger partial charge is 0.123 e. The zero-order chi connectivity index (χ0) is 13.2. The monoisotopic (exact) mass is 248 g/mol. The molecule has 0 aliphatic rings. The van der Waals surface area contributed by atoms with Crippen molar-refractivity contribution >= 4 is 0 Å². The van der Waals surface area contributed by atoms with Crippen molar-refractivity contribution in [1.82, 2.24) is 10.2 Å². The molecular weight excluding hydrogens is 224 g/mol. The molecule has 0 radical (unpaired) electrons. The summed E-state index contributed by atoms with van der Waals surface area (Å²) in [6.45, 7) is 10.3. The lowest BCUT2D eigenvalue weighted by Gasteiger charge is -2.19. The molecule has 18 heavy (non-hydrogen) atoms. The summed E-state index contributed by atoms with van der Waals surface area (Å²) >= 11 is 0. The van der Waals surface area contributed by atoms with Crippen molar-refractivity contribution in [3.63, 3.8) is 0 Å². The number of ether oxygens (including phenoxy) is 1. The van der Waals surface area contributed by atoms with Crippen molar-refractivity contribution in [2.24, 2.45) is 0 Å². The number of hydrogen-bond donors (Lipinski definition) is 1. The average molecular weight is 248 g/mol. The Morgan fingerprint density at radius 1 is 1.39 bits per heavy atom. The van der Waals surface area contributed by atoms with Crippen LogP contribution in [0.25, 0.3) is 0 Å². The Hall–Kier alpha value is -1.32. The normalized spacial score (nSPS) is 10.6. The van der Waals surface area contributed by atoms with Crippen LogP contribution in [-0.2, 0) is 6.54 Å². The van der Waals surface area contributed by atoms with Crippen LogP contribution >= 0.6 is 0 Å². The first kappa shape index (κ1) is 14.7. The molecule has 1 aromatic carbocycles. The van der Waals surface area contributed by atoms with Crippen molar-refractivity contribution in [2.45, 2.75) is 13.5 Å². The summed E-state index contributed by atoms with van der Waals surface area (Å²) in [7, 11) is 1.94. The SMILES string of the molecule is C=CCN(CC)CCOc1ccccc1CNC. The Labute approximate surface area is 110 Å². The van der Waals surface area contributed by atoms with E-state index in [9.17, 15) is 0 Å². The molecule has 0 atom stereocenters. The lowest BCUT2D eigenvalue weighted by molar-refractivity contribution is 0.228. The number of benzene rings is 1. The first-order chi connectivity index (χ1) is 8.81. The van der Waals surface area contributed by atoms with Gasteiger partial charge in [0, 0.05) is 25.2 Å². The molecule has 1 N–H and O–H groups in total. The largest absolute Gasteiger partial charge is 0.492 e. The predicted octanol–water partition coefficient (Wildman–Crippen LogP) is 2.29. The first-order valence-corrected chi connectivity index (χ1v) is 6.50. The van der Waals surface area contributed by atoms with E-state index in [2.05, 4.69) is 29.8 Å². The van der Waals surface area contributed by atoms with Gasteiger partial charge in [-0.2, -0.15) is 0 Å². The average Bonchev–Trinajstić information content (AvgIpc) is 2.40. The van der Waals surface area contributed by atoms with Gasteiger partial charge in [-0.25, -0.2) is 0 Å². The Morgan fingerprint density at radius 3 is 2.83 bits per heavy atom. The van der Waals surface area contributed by atoms with Crippen molar-refractivity contribution in [3.05, 3.63) is 42.5 Å². The summed E-state index contributed by atoms with van der Waals surface area (Å²) in [6, 6.07) is 8.16. The number of para-hydroxylation sites is 1. The molecule has 3 nitrogen and oxygen atoms in total. The minimum absolute atomic E-state index is 0.711. The third-order valence-electron chi connectivity index (χ3n) is 2.84. The molecule has 0 aliphatic heterocycles. The van der Waals surface area contributed by atoms with E-state index >= 15 is 0 Å². The molecule has 0 fully saturated rings. The molecule has 0 bridgehead atoms. The summed E-state index contributed by atoms with van der Waals surface area (Å²) in [5.74, 6) is 0.974. The van der Waals surface area contributed by atoms with Gasteiger partial charge in [-0.15, -0.1) is 6.58 Å². The molecular formula is C15H24N2O. The maximum absolute atomic E-state index is 5.85. The molecule has 100 valence electrons. The second-order valence-corrected chi connectivity index (χ2v) is 4.17.